The summed E-state index contributed by atoms with van der Waals surface area (Å²) in [6, 6.07) is 0. The Kier molecular flexibility index (Phi) is 20.7. The Labute approximate surface area is 229 Å². The van der Waals surface area contributed by atoms with Crippen molar-refractivity contribution in [3.8, 4) is 0 Å². The molecule has 210 valence electrons. The van der Waals surface area contributed by atoms with Gasteiger partial charge in [0.25, 0.3) is 0 Å². The fourth-order valence-electron chi connectivity index (χ4n) is 2.75. The summed E-state index contributed by atoms with van der Waals surface area (Å²) in [4.78, 5) is 0. The minimum Gasteiger partial charge on any atom is -0.474 e. The molecule has 1 atom stereocenters. The van der Waals surface area contributed by atoms with E-state index < -0.39 is 13.3 Å². The molecule has 1 N–H and O–H groups in total. The largest absolute Gasteiger partial charge is 0.494 e. The maximum Gasteiger partial charge on any atom is 0.494 e. The van der Waals surface area contributed by atoms with Gasteiger partial charge in [-0.2, -0.15) is 0 Å². The number of nitrogens with one attached hydrogen (secondary N) is 1. The van der Waals surface area contributed by atoms with Crippen LogP contribution in [0.15, 0.2) is 84.8 Å². The van der Waals surface area contributed by atoms with Crippen molar-refractivity contribution in [3.05, 3.63) is 84.8 Å². The second-order valence-electron chi connectivity index (χ2n) is 9.98. The van der Waals surface area contributed by atoms with Gasteiger partial charge in [0.15, 0.2) is 5.88 Å². The van der Waals surface area contributed by atoms with E-state index in [2.05, 4.69) is 24.6 Å². The topological polar surface area (TPSA) is 49.0 Å². The van der Waals surface area contributed by atoms with Crippen molar-refractivity contribution in [2.24, 2.45) is 0 Å². The lowest BCUT2D eigenvalue weighted by Gasteiger charge is -2.35. The third kappa shape index (κ3) is 20.5. The number of rotatable bonds is 12. The molecular weight excluding hydrogens is 461 g/mol. The van der Waals surface area contributed by atoms with Crippen LogP contribution < -0.4 is 5.32 Å². The molecule has 0 aromatic carbocycles. The molecule has 0 radical (unpaired) electrons. The van der Waals surface area contributed by atoms with Gasteiger partial charge in [-0.25, -0.2) is 0 Å². The second kappa shape index (κ2) is 20.7. The normalized spacial score (nSPS) is 15.7. The smallest absolute Gasteiger partial charge is 0.474 e. The molecule has 37 heavy (non-hydrogen) atoms. The summed E-state index contributed by atoms with van der Waals surface area (Å²) in [5.41, 5.74) is 0.983. The fraction of sp³-hybridized carbons (Fsp3) is 0.548. The number of ether oxygens (including phenoxy) is 2. The summed E-state index contributed by atoms with van der Waals surface area (Å²) >= 11 is 0. The van der Waals surface area contributed by atoms with Gasteiger partial charge in [-0.05, 0) is 80.4 Å². The summed E-state index contributed by atoms with van der Waals surface area (Å²) in [6.07, 6.45) is 17.9. The molecule has 5 nitrogen and oxygen atoms in total. The van der Waals surface area contributed by atoms with Crippen LogP contribution in [0.5, 0.6) is 0 Å². The second-order valence-corrected chi connectivity index (χ2v) is 9.98. The van der Waals surface area contributed by atoms with Gasteiger partial charge in [0.05, 0.1) is 6.61 Å². The van der Waals surface area contributed by atoms with Crippen LogP contribution in [0.1, 0.15) is 82.6 Å². The standard InChI is InChI=1S/C26H42BNO4.C3H6.C2H6/c1-10-12-13-14-15-19-29-24-22(27(31-25(4,5)6)32-26(7,8)9)17-18-23(28-24)30-20-21(3)16-11-2;1-3-2;1-2/h10-14,16-18,24,28H,3,15,19-20H2,1-2,4-9H3;3H,1H2,2H3;1-2H3/b12-10-,14-13-,16-11-;;. The highest BCUT2D eigenvalue weighted by Crippen LogP contribution is 2.25. The summed E-state index contributed by atoms with van der Waals surface area (Å²) in [5.74, 6) is 0.624. The van der Waals surface area contributed by atoms with Crippen molar-refractivity contribution in [1.29, 1.82) is 0 Å². The maximum absolute atomic E-state index is 6.28. The van der Waals surface area contributed by atoms with E-state index in [0.29, 0.717) is 19.1 Å². The number of hydrogen-bond acceptors (Lipinski definition) is 5. The summed E-state index contributed by atoms with van der Waals surface area (Å²) in [6.45, 7) is 30.2. The van der Waals surface area contributed by atoms with E-state index >= 15 is 0 Å². The first-order chi connectivity index (χ1) is 17.4. The zero-order valence-electron chi connectivity index (χ0n) is 25.5. The first kappa shape index (κ1) is 36.9. The molecule has 0 saturated heterocycles. The Balaban J connectivity index is 0. The molecule has 0 aliphatic carbocycles. The first-order valence-electron chi connectivity index (χ1n) is 13.3. The van der Waals surface area contributed by atoms with Crippen molar-refractivity contribution in [1.82, 2.24) is 5.32 Å². The first-order valence-corrected chi connectivity index (χ1v) is 13.3. The van der Waals surface area contributed by atoms with Crippen LogP contribution in [0, 0.1) is 0 Å². The molecule has 1 aliphatic rings. The SMILES string of the molecule is C=C(/C=C\C)COC1=CC=C(B(OC(C)(C)C)OC(C)(C)C)C(OCC/C=C\C=C/C)N1.C=CC.CC. The van der Waals surface area contributed by atoms with Gasteiger partial charge in [0.2, 0.25) is 0 Å². The molecule has 0 aromatic heterocycles. The third-order valence-corrected chi connectivity index (χ3v) is 4.02. The molecule has 0 spiro atoms. The molecule has 0 saturated carbocycles. The van der Waals surface area contributed by atoms with Crippen LogP contribution in [-0.2, 0) is 18.8 Å². The molecule has 1 heterocycles. The van der Waals surface area contributed by atoms with Crippen LogP contribution in [0.2, 0.25) is 0 Å². The highest BCUT2D eigenvalue weighted by molar-refractivity contribution is 6.54. The lowest BCUT2D eigenvalue weighted by Crippen LogP contribution is -2.48. The Morgan fingerprint density at radius 3 is 2.03 bits per heavy atom. The van der Waals surface area contributed by atoms with Crippen molar-refractivity contribution >= 4 is 7.12 Å². The molecule has 6 heteroatoms. The van der Waals surface area contributed by atoms with Crippen molar-refractivity contribution < 1.29 is 18.8 Å². The molecule has 0 fully saturated rings. The van der Waals surface area contributed by atoms with Gasteiger partial charge in [-0.15, -0.1) is 6.58 Å². The lowest BCUT2D eigenvalue weighted by atomic mass is 9.73. The Morgan fingerprint density at radius 2 is 1.54 bits per heavy atom. The van der Waals surface area contributed by atoms with E-state index in [1.165, 1.54) is 0 Å². The van der Waals surface area contributed by atoms with Crippen LogP contribution >= 0.6 is 0 Å². The zero-order valence-corrected chi connectivity index (χ0v) is 25.5. The van der Waals surface area contributed by atoms with Gasteiger partial charge in [-0.3, -0.25) is 0 Å². The highest BCUT2D eigenvalue weighted by Gasteiger charge is 2.38. The van der Waals surface area contributed by atoms with E-state index in [1.807, 2.05) is 119 Å². The van der Waals surface area contributed by atoms with Crippen molar-refractivity contribution in [3.63, 3.8) is 0 Å². The van der Waals surface area contributed by atoms with Crippen LogP contribution in [-0.4, -0.2) is 37.8 Å². The molecule has 1 rings (SSSR count). The average Bonchev–Trinajstić information content (AvgIpc) is 2.80. The average molecular weight is 516 g/mol. The van der Waals surface area contributed by atoms with Crippen molar-refractivity contribution in [2.75, 3.05) is 13.2 Å². The van der Waals surface area contributed by atoms with E-state index in [9.17, 15) is 0 Å². The molecule has 0 aromatic rings. The van der Waals surface area contributed by atoms with Gasteiger partial charge in [0.1, 0.15) is 12.8 Å². The minimum atomic E-state index is -0.568. The summed E-state index contributed by atoms with van der Waals surface area (Å²) < 4.78 is 24.6. The summed E-state index contributed by atoms with van der Waals surface area (Å²) in [7, 11) is -0.568. The van der Waals surface area contributed by atoms with E-state index in [1.54, 1.807) is 6.08 Å². The van der Waals surface area contributed by atoms with E-state index in [-0.39, 0.29) is 11.2 Å². The molecular formula is C31H54BNO4. The molecule has 0 bridgehead atoms. The quantitative estimate of drug-likeness (QED) is 0.123. The van der Waals surface area contributed by atoms with Gasteiger partial charge in [0, 0.05) is 16.7 Å². The Hall–Kier alpha value is -2.28. The number of dihydropyridines is 1. The van der Waals surface area contributed by atoms with Crippen LogP contribution in [0.25, 0.3) is 0 Å². The van der Waals surface area contributed by atoms with Gasteiger partial charge >= 0.3 is 7.12 Å². The van der Waals surface area contributed by atoms with Gasteiger partial charge < -0.3 is 24.1 Å². The Bertz CT molecular complexity index is 764. The van der Waals surface area contributed by atoms with Crippen molar-refractivity contribution in [2.45, 2.75) is 100 Å². The Morgan fingerprint density at radius 1 is 0.973 bits per heavy atom. The molecule has 1 aliphatic heterocycles. The lowest BCUT2D eigenvalue weighted by molar-refractivity contribution is 0.0195. The number of allylic oxidation sites excluding steroid dienone is 7. The molecule has 0 amide bonds. The fourth-order valence-corrected chi connectivity index (χ4v) is 2.75. The minimum absolute atomic E-state index is 0.388. The third-order valence-electron chi connectivity index (χ3n) is 4.02. The molecule has 1 unspecified atom stereocenters. The maximum atomic E-state index is 6.28. The summed E-state index contributed by atoms with van der Waals surface area (Å²) in [5, 5.41) is 3.34. The van der Waals surface area contributed by atoms with E-state index in [4.69, 9.17) is 18.8 Å². The zero-order chi connectivity index (χ0) is 28.9. The van der Waals surface area contributed by atoms with Gasteiger partial charge in [-0.1, -0.05) is 69.0 Å². The predicted octanol–water partition coefficient (Wildman–Crippen LogP) is 8.25. The monoisotopic (exact) mass is 515 g/mol. The van der Waals surface area contributed by atoms with E-state index in [0.717, 1.165) is 17.5 Å². The van der Waals surface area contributed by atoms with Crippen LogP contribution in [0.4, 0.5) is 0 Å². The van der Waals surface area contributed by atoms with Crippen LogP contribution in [0.3, 0.4) is 0 Å². The predicted molar refractivity (Wildman–Crippen MR) is 162 cm³/mol. The highest BCUT2D eigenvalue weighted by atomic mass is 16.6. The number of hydrogen-bond donors (Lipinski definition) is 1.